The van der Waals surface area contributed by atoms with Gasteiger partial charge in [0.1, 0.15) is 42.8 Å². The van der Waals surface area contributed by atoms with Crippen molar-refractivity contribution in [1.29, 1.82) is 0 Å². The number of aromatic amines is 1. The molecule has 476 valence electrons. The fourth-order valence-corrected chi connectivity index (χ4v) is 13.5. The van der Waals surface area contributed by atoms with Crippen LogP contribution >= 0.6 is 38.1 Å². The number of imide groups is 1. The lowest BCUT2D eigenvalue weighted by molar-refractivity contribution is -0.137. The molecule has 0 radical (unpaired) electrons. The number of fused-ring (bicyclic) bond motifs is 4. The number of aromatic nitrogens is 6. The summed E-state index contributed by atoms with van der Waals surface area (Å²) >= 11 is 8.42. The van der Waals surface area contributed by atoms with Gasteiger partial charge in [-0.1, -0.05) is 75.1 Å². The predicted molar refractivity (Wildman–Crippen MR) is 322 cm³/mol. The summed E-state index contributed by atoms with van der Waals surface area (Å²) in [7, 11) is 0. The van der Waals surface area contributed by atoms with E-state index in [4.69, 9.17) is 27.6 Å². The van der Waals surface area contributed by atoms with E-state index in [1.54, 1.807) is 62.4 Å². The van der Waals surface area contributed by atoms with Gasteiger partial charge < -0.3 is 45.1 Å². The van der Waals surface area contributed by atoms with Crippen LogP contribution < -0.4 is 31.6 Å². The van der Waals surface area contributed by atoms with E-state index in [1.165, 1.54) is 42.2 Å². The van der Waals surface area contributed by atoms with Crippen LogP contribution in [0.25, 0.3) is 11.2 Å². The Balaban J connectivity index is 0.787. The number of carboxylic acid groups (broad SMARTS) is 1. The Morgan fingerprint density at radius 1 is 0.865 bits per heavy atom. The summed E-state index contributed by atoms with van der Waals surface area (Å²) in [5.41, 5.74) is 0.215. The summed E-state index contributed by atoms with van der Waals surface area (Å²) in [5, 5.41) is 32.5. The van der Waals surface area contributed by atoms with Gasteiger partial charge in [-0.05, 0) is 67.9 Å². The number of hydrogen-bond donors (Lipinski definition) is 9. The molecule has 7 amide bonds. The van der Waals surface area contributed by atoms with Crippen molar-refractivity contribution >= 4 is 102 Å². The minimum absolute atomic E-state index is 0.0530. The lowest BCUT2D eigenvalue weighted by Crippen LogP contribution is -2.53. The molecule has 4 aliphatic rings. The molecule has 30 nitrogen and oxygen atoms in total. The van der Waals surface area contributed by atoms with E-state index in [9.17, 15) is 57.7 Å². The molecule has 9 rings (SSSR count). The zero-order valence-electron chi connectivity index (χ0n) is 48.2. The molecule has 6 heterocycles. The van der Waals surface area contributed by atoms with Crippen molar-refractivity contribution in [2.24, 2.45) is 11.8 Å². The molecule has 11 atom stereocenters. The van der Waals surface area contributed by atoms with Gasteiger partial charge in [0.05, 0.1) is 25.6 Å². The first-order chi connectivity index (χ1) is 42.4. The minimum Gasteiger partial charge on any atom is -0.474 e. The van der Waals surface area contributed by atoms with Crippen molar-refractivity contribution in [1.82, 2.24) is 49.9 Å². The number of amides is 7. The van der Waals surface area contributed by atoms with Crippen molar-refractivity contribution in [3.05, 3.63) is 113 Å². The van der Waals surface area contributed by atoms with E-state index in [1.807, 2.05) is 0 Å². The van der Waals surface area contributed by atoms with Gasteiger partial charge in [0.2, 0.25) is 29.5 Å². The number of carbonyl (C=O) groups is 7. The first kappa shape index (κ1) is 66.0. The van der Waals surface area contributed by atoms with Gasteiger partial charge >= 0.3 is 19.7 Å². The second-order valence-corrected chi connectivity index (χ2v) is 27.6. The zero-order valence-corrected chi connectivity index (χ0v) is 51.8. The Morgan fingerprint density at radius 3 is 2.31 bits per heavy atom. The van der Waals surface area contributed by atoms with E-state index in [2.05, 4.69) is 70.7 Å². The monoisotopic (exact) mass is 1310 g/mol. The first-order valence-electron chi connectivity index (χ1n) is 28.4. The van der Waals surface area contributed by atoms with Crippen molar-refractivity contribution < 1.29 is 80.5 Å². The number of unbranched alkanes of at least 4 members (excludes halogenated alkanes) is 2. The molecule has 89 heavy (non-hydrogen) atoms. The number of nitrogens with one attached hydrogen (secondary N) is 5. The van der Waals surface area contributed by atoms with Crippen LogP contribution in [-0.2, 0) is 68.9 Å². The molecule has 0 unspecified atom stereocenters. The smallest absolute Gasteiger partial charge is 0.407 e. The molecule has 3 aliphatic heterocycles. The van der Waals surface area contributed by atoms with Crippen molar-refractivity contribution in [2.45, 2.75) is 121 Å². The number of imidazole rings is 1. The molecular weight excluding hydrogens is 1240 g/mol. The first-order valence-corrected chi connectivity index (χ1v) is 33.7. The second-order valence-electron chi connectivity index (χ2n) is 21.8. The zero-order chi connectivity index (χ0) is 63.7. The molecule has 2 saturated heterocycles. The average molecular weight is 1310 g/mol. The molecule has 2 aromatic carbocycles. The van der Waals surface area contributed by atoms with Crippen molar-refractivity contribution in [3.63, 3.8) is 0 Å². The second kappa shape index (κ2) is 29.1. The van der Waals surface area contributed by atoms with E-state index >= 15 is 0 Å². The van der Waals surface area contributed by atoms with Crippen LogP contribution in [0.2, 0.25) is 0 Å². The van der Waals surface area contributed by atoms with Gasteiger partial charge in [-0.15, -0.1) is 0 Å². The van der Waals surface area contributed by atoms with Crippen LogP contribution in [0.1, 0.15) is 87.0 Å². The van der Waals surface area contributed by atoms with E-state index in [0.29, 0.717) is 36.1 Å². The number of rotatable bonds is 22. The number of aliphatic hydroxyl groups is 1. The quantitative estimate of drug-likeness (QED) is 0.0191. The maximum absolute atomic E-state index is 14.0. The largest absolute Gasteiger partial charge is 0.474 e. The summed E-state index contributed by atoms with van der Waals surface area (Å²) in [6, 6.07) is 12.4. The Morgan fingerprint density at radius 2 is 1.60 bits per heavy atom. The molecular formula is C55H66N12O18P2S2. The number of aliphatic hydroxyl groups excluding tert-OH is 1. The summed E-state index contributed by atoms with van der Waals surface area (Å²) < 4.78 is 64.1. The van der Waals surface area contributed by atoms with Gasteiger partial charge in [0.15, 0.2) is 17.4 Å². The van der Waals surface area contributed by atoms with Crippen molar-refractivity contribution in [3.8, 4) is 5.88 Å². The highest BCUT2D eigenvalue weighted by Crippen LogP contribution is 2.60. The van der Waals surface area contributed by atoms with Gasteiger partial charge in [0.25, 0.3) is 23.3 Å². The summed E-state index contributed by atoms with van der Waals surface area (Å²) in [6.45, 7) is -4.38. The minimum atomic E-state index is -4.39. The van der Waals surface area contributed by atoms with Gasteiger partial charge in [-0.25, -0.2) is 28.9 Å². The molecule has 3 aromatic heterocycles. The lowest BCUT2D eigenvalue weighted by Gasteiger charge is -2.26. The number of carbonyl (C=O) groups excluding carboxylic acids is 6. The number of benzene rings is 2. The highest BCUT2D eigenvalue weighted by atomic mass is 32.7. The normalized spacial score (nSPS) is 25.1. The maximum atomic E-state index is 14.0. The predicted octanol–water partition coefficient (Wildman–Crippen LogP) is 4.96. The van der Waals surface area contributed by atoms with E-state index in [0.717, 1.165) is 16.1 Å². The van der Waals surface area contributed by atoms with Crippen LogP contribution in [0, 0.1) is 11.8 Å². The Bertz CT molecular complexity index is 3620. The number of hydrogen-bond acceptors (Lipinski definition) is 21. The number of thiol groups is 2. The van der Waals surface area contributed by atoms with E-state index < -0.39 is 104 Å². The third-order valence-corrected chi connectivity index (χ3v) is 18.3. The summed E-state index contributed by atoms with van der Waals surface area (Å²) in [6.07, 6.45) is -0.0429. The van der Waals surface area contributed by atoms with Crippen LogP contribution in [0.5, 0.6) is 5.88 Å². The van der Waals surface area contributed by atoms with E-state index in [-0.39, 0.29) is 104 Å². The highest BCUT2D eigenvalue weighted by Gasteiger charge is 2.51. The van der Waals surface area contributed by atoms with Crippen LogP contribution in [0.3, 0.4) is 0 Å². The molecule has 0 spiro atoms. The number of nitrogens with zero attached hydrogens (tertiary/aromatic N) is 7. The molecule has 7 N–H and O–H groups in total. The fraction of sp³-hybridized carbons (Fsp3) is 0.455. The standard InChI is InChI=1S/C55H66N12O18P2S2/c1-30(2)44(61-40(68)11-5-4-8-21-66-42(69)16-17-43(66)70)51(74)59-31(3)49(72)60-35-14-12-32(13-15-35)25-65(55(76)77)22-19-33-9-6-7-10-37(33)50(73)63-54-62-48-45(52(75)64-54)58-29-67(48)53-47-46(71)39(83-53)27-81-86(78,88)84-38-24-36(82-41-18-20-56-28-57-41)23-34(38)26-80-87(79,89)85-47/h6-7,9-10,12-18,20,28-31,34,36,38-39,44,46-47,53,71H,4-5,8,11,19,21-27H2,1-3H3,(H,59,74)(H,60,72)(H,61,68)(H,76,77)(H,78,88)(H,79,89)(H2,62,63,64,73,75)/t31-,34+,36+,38-,39+,44-,46+,47+,53+,86+,87+/m0/s1. The highest BCUT2D eigenvalue weighted by molar-refractivity contribution is 8.44. The summed E-state index contributed by atoms with van der Waals surface area (Å²) in [5.74, 6) is -3.93. The lowest BCUT2D eigenvalue weighted by atomic mass is 10.0. The summed E-state index contributed by atoms with van der Waals surface area (Å²) in [4.78, 5) is 124. The molecule has 5 aromatic rings. The molecule has 1 aliphatic carbocycles. The Kier molecular flexibility index (Phi) is 21.6. The van der Waals surface area contributed by atoms with Gasteiger partial charge in [-0.3, -0.25) is 66.9 Å². The number of ether oxygens (including phenoxy) is 2. The fourth-order valence-electron chi connectivity index (χ4n) is 10.4. The Labute approximate surface area is 519 Å². The molecule has 34 heteroatoms. The average Bonchev–Trinajstić information content (AvgIpc) is 1.84. The molecule has 3 fully saturated rings. The van der Waals surface area contributed by atoms with Gasteiger partial charge in [0, 0.05) is 74.1 Å². The van der Waals surface area contributed by atoms with Crippen molar-refractivity contribution in [2.75, 3.05) is 36.9 Å². The third kappa shape index (κ3) is 17.1. The third-order valence-electron chi connectivity index (χ3n) is 15.0. The number of anilines is 2. The van der Waals surface area contributed by atoms with Crippen LogP contribution in [-0.4, -0.2) is 160 Å². The molecule has 1 saturated carbocycles. The number of H-pyrrole nitrogens is 1. The molecule has 2 bridgehead atoms. The van der Waals surface area contributed by atoms with Gasteiger partial charge in [-0.2, -0.15) is 4.98 Å². The SMILES string of the molecule is CC(C)[C@H](NC(=O)CCCCCN1C(=O)C=CC1=O)C(=O)N[C@@H](C)C(=O)Nc1ccc(CN(CCc2ccccc2C(=O)Nc2nc3c(ncn3[C@@H]3O[C@@H]4CO[P@@](=O)(S)O[C@H]5C[C@H](Oc6ccncn6)C[C@@H]5CO[P@@](=O)(S)O[C@@H]3[C@@H]4O)c(=O)[nH]2)C(=O)O)cc1. The maximum Gasteiger partial charge on any atom is 0.407 e. The van der Waals surface area contributed by atoms with Crippen LogP contribution in [0.15, 0.2) is 90.4 Å². The topological polar surface area (TPSA) is 393 Å². The van der Waals surface area contributed by atoms with Crippen LogP contribution in [0.4, 0.5) is 16.4 Å². The Hall–Kier alpha value is -7.38.